The van der Waals surface area contributed by atoms with E-state index in [2.05, 4.69) is 31.2 Å². The number of hydrogen-bond acceptors (Lipinski definition) is 1. The lowest BCUT2D eigenvalue weighted by atomic mass is 9.90. The zero-order valence-electron chi connectivity index (χ0n) is 10.9. The third kappa shape index (κ3) is 3.11. The van der Waals surface area contributed by atoms with Crippen LogP contribution in [0.25, 0.3) is 5.57 Å². The van der Waals surface area contributed by atoms with Crippen molar-refractivity contribution in [2.24, 2.45) is 5.92 Å². The van der Waals surface area contributed by atoms with E-state index in [1.807, 2.05) is 24.3 Å². The number of allylic oxidation sites excluding steroid dienone is 4. The molecule has 0 aromatic heterocycles. The molecule has 0 radical (unpaired) electrons. The Kier molecular flexibility index (Phi) is 4.36. The van der Waals surface area contributed by atoms with Gasteiger partial charge in [0, 0.05) is 0 Å². The van der Waals surface area contributed by atoms with Crippen molar-refractivity contribution in [1.29, 1.82) is 5.26 Å². The SMILES string of the molecule is CCCCC1C=CC(c2ccc(C#N)cc2)=CC1. The molecule has 1 aliphatic carbocycles. The smallest absolute Gasteiger partial charge is 0.0991 e. The van der Waals surface area contributed by atoms with Crippen molar-refractivity contribution < 1.29 is 0 Å². The molecule has 0 saturated heterocycles. The Hall–Kier alpha value is -1.81. The molecule has 18 heavy (non-hydrogen) atoms. The predicted octanol–water partition coefficient (Wildman–Crippen LogP) is 4.71. The standard InChI is InChI=1S/C17H19N/c1-2-3-4-14-5-9-16(10-6-14)17-11-7-15(13-18)8-12-17/h5,7-12,14H,2-4,6H2,1H3. The van der Waals surface area contributed by atoms with Crippen LogP contribution >= 0.6 is 0 Å². The lowest BCUT2D eigenvalue weighted by Crippen LogP contribution is -1.99. The van der Waals surface area contributed by atoms with Crippen LogP contribution in [-0.4, -0.2) is 0 Å². The summed E-state index contributed by atoms with van der Waals surface area (Å²) in [6.45, 7) is 2.24. The van der Waals surface area contributed by atoms with E-state index in [4.69, 9.17) is 5.26 Å². The Morgan fingerprint density at radius 1 is 1.28 bits per heavy atom. The molecule has 1 unspecified atom stereocenters. The Morgan fingerprint density at radius 2 is 2.06 bits per heavy atom. The number of hydrogen-bond donors (Lipinski definition) is 0. The molecule has 0 saturated carbocycles. The van der Waals surface area contributed by atoms with Crippen LogP contribution in [0.1, 0.15) is 43.7 Å². The van der Waals surface area contributed by atoms with Crippen LogP contribution in [0.3, 0.4) is 0 Å². The molecule has 0 N–H and O–H groups in total. The molecule has 1 heteroatoms. The fourth-order valence-electron chi connectivity index (χ4n) is 2.30. The molecule has 0 aliphatic heterocycles. The highest BCUT2D eigenvalue weighted by molar-refractivity contribution is 5.75. The Bertz CT molecular complexity index is 485. The van der Waals surface area contributed by atoms with E-state index in [-0.39, 0.29) is 0 Å². The molecule has 1 aliphatic rings. The summed E-state index contributed by atoms with van der Waals surface area (Å²) in [4.78, 5) is 0. The van der Waals surface area contributed by atoms with Crippen LogP contribution in [0.15, 0.2) is 42.5 Å². The highest BCUT2D eigenvalue weighted by Crippen LogP contribution is 2.27. The first-order valence-corrected chi connectivity index (χ1v) is 6.72. The summed E-state index contributed by atoms with van der Waals surface area (Å²) in [5.41, 5.74) is 3.21. The van der Waals surface area contributed by atoms with E-state index in [9.17, 15) is 0 Å². The van der Waals surface area contributed by atoms with Crippen molar-refractivity contribution in [1.82, 2.24) is 0 Å². The zero-order valence-corrected chi connectivity index (χ0v) is 10.9. The molecule has 0 bridgehead atoms. The van der Waals surface area contributed by atoms with Gasteiger partial charge in [-0.15, -0.1) is 0 Å². The third-order valence-corrected chi connectivity index (χ3v) is 3.46. The quantitative estimate of drug-likeness (QED) is 0.744. The van der Waals surface area contributed by atoms with Crippen molar-refractivity contribution in [2.45, 2.75) is 32.6 Å². The monoisotopic (exact) mass is 237 g/mol. The summed E-state index contributed by atoms with van der Waals surface area (Å²) >= 11 is 0. The molecule has 0 heterocycles. The average Bonchev–Trinajstić information content (AvgIpc) is 2.46. The van der Waals surface area contributed by atoms with E-state index in [0.29, 0.717) is 5.92 Å². The lowest BCUT2D eigenvalue weighted by molar-refractivity contribution is 0.559. The third-order valence-electron chi connectivity index (χ3n) is 3.46. The molecule has 92 valence electrons. The fraction of sp³-hybridized carbons (Fsp3) is 0.353. The summed E-state index contributed by atoms with van der Waals surface area (Å²) in [5, 5.41) is 8.78. The normalized spacial score (nSPS) is 18.2. The lowest BCUT2D eigenvalue weighted by Gasteiger charge is -2.16. The van der Waals surface area contributed by atoms with Crippen LogP contribution in [0.4, 0.5) is 0 Å². The van der Waals surface area contributed by atoms with Gasteiger partial charge >= 0.3 is 0 Å². The number of unbranched alkanes of at least 4 members (excludes halogenated alkanes) is 1. The fourth-order valence-corrected chi connectivity index (χ4v) is 2.30. The minimum absolute atomic E-state index is 0.715. The van der Waals surface area contributed by atoms with E-state index >= 15 is 0 Å². The summed E-state index contributed by atoms with van der Waals surface area (Å²) in [5.74, 6) is 0.715. The molecule has 0 amide bonds. The topological polar surface area (TPSA) is 23.8 Å². The molecular weight excluding hydrogens is 218 g/mol. The number of nitrogens with zero attached hydrogens (tertiary/aromatic N) is 1. The van der Waals surface area contributed by atoms with Crippen LogP contribution in [0.5, 0.6) is 0 Å². The molecule has 1 aromatic carbocycles. The van der Waals surface area contributed by atoms with E-state index in [0.717, 1.165) is 12.0 Å². The maximum absolute atomic E-state index is 8.78. The number of nitriles is 1. The molecule has 1 aromatic rings. The predicted molar refractivity (Wildman–Crippen MR) is 75.9 cm³/mol. The van der Waals surface area contributed by atoms with Crippen molar-refractivity contribution >= 4 is 5.57 Å². The van der Waals surface area contributed by atoms with E-state index in [1.54, 1.807) is 0 Å². The largest absolute Gasteiger partial charge is 0.192 e. The van der Waals surface area contributed by atoms with Crippen LogP contribution < -0.4 is 0 Å². The summed E-state index contributed by atoms with van der Waals surface area (Å²) < 4.78 is 0. The van der Waals surface area contributed by atoms with Gasteiger partial charge < -0.3 is 0 Å². The Labute approximate surface area is 109 Å². The summed E-state index contributed by atoms with van der Waals surface area (Å²) in [6, 6.07) is 9.97. The maximum Gasteiger partial charge on any atom is 0.0991 e. The first kappa shape index (κ1) is 12.6. The maximum atomic E-state index is 8.78. The first-order valence-electron chi connectivity index (χ1n) is 6.72. The van der Waals surface area contributed by atoms with Gasteiger partial charge in [0.2, 0.25) is 0 Å². The van der Waals surface area contributed by atoms with Crippen LogP contribution in [-0.2, 0) is 0 Å². The molecule has 2 rings (SSSR count). The van der Waals surface area contributed by atoms with E-state index < -0.39 is 0 Å². The summed E-state index contributed by atoms with van der Waals surface area (Å²) in [7, 11) is 0. The second-order valence-corrected chi connectivity index (χ2v) is 4.85. The van der Waals surface area contributed by atoms with Gasteiger partial charge in [0.25, 0.3) is 0 Å². The van der Waals surface area contributed by atoms with Crippen LogP contribution in [0.2, 0.25) is 0 Å². The van der Waals surface area contributed by atoms with Crippen LogP contribution in [0, 0.1) is 17.2 Å². The molecule has 0 fully saturated rings. The van der Waals surface area contributed by atoms with Gasteiger partial charge in [-0.3, -0.25) is 0 Å². The molecule has 1 atom stereocenters. The van der Waals surface area contributed by atoms with Gasteiger partial charge in [-0.25, -0.2) is 0 Å². The first-order chi connectivity index (χ1) is 8.83. The van der Waals surface area contributed by atoms with Gasteiger partial charge in [0.05, 0.1) is 11.6 Å². The average molecular weight is 237 g/mol. The van der Waals surface area contributed by atoms with Gasteiger partial charge in [-0.05, 0) is 42.0 Å². The highest BCUT2D eigenvalue weighted by atomic mass is 14.2. The second kappa shape index (κ2) is 6.21. The summed E-state index contributed by atoms with van der Waals surface area (Å²) in [6.07, 6.45) is 11.9. The van der Waals surface area contributed by atoms with Gasteiger partial charge in [-0.1, -0.05) is 50.1 Å². The van der Waals surface area contributed by atoms with Gasteiger partial charge in [-0.2, -0.15) is 5.26 Å². The zero-order chi connectivity index (χ0) is 12.8. The number of rotatable bonds is 4. The molecule has 0 spiro atoms. The minimum atomic E-state index is 0.715. The molecular formula is C17H19N. The highest BCUT2D eigenvalue weighted by Gasteiger charge is 2.09. The Morgan fingerprint density at radius 3 is 2.61 bits per heavy atom. The van der Waals surface area contributed by atoms with Crippen molar-refractivity contribution in [3.8, 4) is 6.07 Å². The minimum Gasteiger partial charge on any atom is -0.192 e. The second-order valence-electron chi connectivity index (χ2n) is 4.85. The van der Waals surface area contributed by atoms with Gasteiger partial charge in [0.15, 0.2) is 0 Å². The van der Waals surface area contributed by atoms with E-state index in [1.165, 1.54) is 30.4 Å². The van der Waals surface area contributed by atoms with Crippen molar-refractivity contribution in [2.75, 3.05) is 0 Å². The Balaban J connectivity index is 2.01. The molecule has 1 nitrogen and oxygen atoms in total. The number of benzene rings is 1. The van der Waals surface area contributed by atoms with Crippen molar-refractivity contribution in [3.05, 3.63) is 53.6 Å². The van der Waals surface area contributed by atoms with Crippen molar-refractivity contribution in [3.63, 3.8) is 0 Å². The van der Waals surface area contributed by atoms with Gasteiger partial charge in [0.1, 0.15) is 0 Å².